The van der Waals surface area contributed by atoms with Gasteiger partial charge in [-0.2, -0.15) is 0 Å². The number of imidazole rings is 1. The van der Waals surface area contributed by atoms with Gasteiger partial charge in [-0.1, -0.05) is 12.5 Å². The first kappa shape index (κ1) is 10.8. The van der Waals surface area contributed by atoms with E-state index in [2.05, 4.69) is 34.7 Å². The summed E-state index contributed by atoms with van der Waals surface area (Å²) in [6.45, 7) is 2.15. The summed E-state index contributed by atoms with van der Waals surface area (Å²) in [6.07, 6.45) is 5.59. The highest BCUT2D eigenvalue weighted by atomic mass is 32.1. The second-order valence-corrected chi connectivity index (χ2v) is 6.45. The van der Waals surface area contributed by atoms with Crippen LogP contribution in [0.25, 0.3) is 11.0 Å². The van der Waals surface area contributed by atoms with Crippen LogP contribution in [0.5, 0.6) is 0 Å². The number of H-pyrrole nitrogens is 1. The Bertz CT molecular complexity index is 667. The van der Waals surface area contributed by atoms with E-state index in [1.807, 2.05) is 0 Å². The van der Waals surface area contributed by atoms with Crippen molar-refractivity contribution in [2.45, 2.75) is 38.6 Å². The van der Waals surface area contributed by atoms with Crippen LogP contribution in [0.15, 0.2) is 18.2 Å². The Hall–Kier alpha value is -1.09. The maximum Gasteiger partial charge on any atom is 0.178 e. The number of aromatic nitrogens is 2. The van der Waals surface area contributed by atoms with Crippen LogP contribution in [-0.4, -0.2) is 9.55 Å². The number of nitrogens with one attached hydrogen (secondary N) is 1. The van der Waals surface area contributed by atoms with Gasteiger partial charge in [0.15, 0.2) is 4.77 Å². The predicted octanol–water partition coefficient (Wildman–Crippen LogP) is 4.37. The molecule has 1 aromatic carbocycles. The molecule has 2 nitrogen and oxygen atoms in total. The third-order valence-electron chi connectivity index (χ3n) is 4.91. The number of benzene rings is 1. The zero-order chi connectivity index (χ0) is 12.3. The summed E-state index contributed by atoms with van der Waals surface area (Å²) in [4.78, 5) is 3.37. The molecule has 4 rings (SSSR count). The molecule has 3 atom stereocenters. The van der Waals surface area contributed by atoms with Crippen LogP contribution in [-0.2, 0) is 0 Å². The third kappa shape index (κ3) is 1.43. The van der Waals surface area contributed by atoms with Crippen molar-refractivity contribution in [1.29, 1.82) is 0 Å². The van der Waals surface area contributed by atoms with Crippen LogP contribution in [0.4, 0.5) is 0 Å². The van der Waals surface area contributed by atoms with Crippen molar-refractivity contribution in [3.63, 3.8) is 0 Å². The topological polar surface area (TPSA) is 20.7 Å². The molecule has 1 aromatic heterocycles. The molecular formula is C15H18N2S. The molecule has 2 bridgehead atoms. The maximum absolute atomic E-state index is 5.56. The van der Waals surface area contributed by atoms with Crippen molar-refractivity contribution in [3.8, 4) is 0 Å². The van der Waals surface area contributed by atoms with E-state index in [9.17, 15) is 0 Å². The summed E-state index contributed by atoms with van der Waals surface area (Å²) < 4.78 is 3.31. The molecular weight excluding hydrogens is 240 g/mol. The van der Waals surface area contributed by atoms with Crippen molar-refractivity contribution in [2.75, 3.05) is 0 Å². The summed E-state index contributed by atoms with van der Waals surface area (Å²) in [5.74, 6) is 1.82. The average molecular weight is 258 g/mol. The number of fused-ring (bicyclic) bond motifs is 3. The quantitative estimate of drug-likeness (QED) is 0.753. The first-order chi connectivity index (χ1) is 8.72. The number of hydrogen-bond acceptors (Lipinski definition) is 1. The Morgan fingerprint density at radius 2 is 2.17 bits per heavy atom. The molecule has 0 amide bonds. The van der Waals surface area contributed by atoms with Crippen molar-refractivity contribution >= 4 is 23.3 Å². The minimum Gasteiger partial charge on any atom is -0.331 e. The first-order valence-corrected chi connectivity index (χ1v) is 7.34. The van der Waals surface area contributed by atoms with Crippen LogP contribution < -0.4 is 0 Å². The van der Waals surface area contributed by atoms with Crippen molar-refractivity contribution in [2.24, 2.45) is 11.8 Å². The van der Waals surface area contributed by atoms with Crippen LogP contribution in [0.3, 0.4) is 0 Å². The summed E-state index contributed by atoms with van der Waals surface area (Å²) in [5.41, 5.74) is 3.80. The summed E-state index contributed by atoms with van der Waals surface area (Å²) in [5, 5.41) is 0. The fourth-order valence-electron chi connectivity index (χ4n) is 4.09. The predicted molar refractivity (Wildman–Crippen MR) is 76.3 cm³/mol. The van der Waals surface area contributed by atoms with Gasteiger partial charge in [-0.25, -0.2) is 0 Å². The molecule has 0 aliphatic heterocycles. The van der Waals surface area contributed by atoms with Gasteiger partial charge in [-0.3, -0.25) is 0 Å². The smallest absolute Gasteiger partial charge is 0.178 e. The second-order valence-electron chi connectivity index (χ2n) is 6.06. The van der Waals surface area contributed by atoms with Gasteiger partial charge in [0, 0.05) is 6.04 Å². The number of nitrogens with zero attached hydrogens (tertiary/aromatic N) is 1. The molecule has 2 aromatic rings. The van der Waals surface area contributed by atoms with E-state index in [0.29, 0.717) is 6.04 Å². The lowest BCUT2D eigenvalue weighted by atomic mass is 9.95. The largest absolute Gasteiger partial charge is 0.331 e. The molecule has 2 saturated carbocycles. The molecule has 3 unspecified atom stereocenters. The van der Waals surface area contributed by atoms with Gasteiger partial charge in [0.2, 0.25) is 0 Å². The number of rotatable bonds is 1. The maximum atomic E-state index is 5.56. The fraction of sp³-hybridized carbons (Fsp3) is 0.533. The van der Waals surface area contributed by atoms with Crippen molar-refractivity contribution in [1.82, 2.24) is 9.55 Å². The molecule has 94 valence electrons. The lowest BCUT2D eigenvalue weighted by molar-refractivity contribution is 0.333. The Labute approximate surface area is 112 Å². The summed E-state index contributed by atoms with van der Waals surface area (Å²) in [6, 6.07) is 7.23. The van der Waals surface area contributed by atoms with Crippen molar-refractivity contribution in [3.05, 3.63) is 28.5 Å². The SMILES string of the molecule is Cc1ccc2[nH]c(=S)n(C3CC4CCC3C4)c2c1. The molecule has 2 aliphatic carbocycles. The van der Waals surface area contributed by atoms with E-state index in [1.165, 1.54) is 42.3 Å². The Morgan fingerprint density at radius 3 is 2.89 bits per heavy atom. The van der Waals surface area contributed by atoms with E-state index >= 15 is 0 Å². The van der Waals surface area contributed by atoms with Gasteiger partial charge in [0.1, 0.15) is 0 Å². The molecule has 0 spiro atoms. The highest BCUT2D eigenvalue weighted by Gasteiger charge is 2.41. The van der Waals surface area contributed by atoms with E-state index in [0.717, 1.165) is 16.6 Å². The normalized spacial score (nSPS) is 30.4. The summed E-state index contributed by atoms with van der Waals surface area (Å²) >= 11 is 5.56. The summed E-state index contributed by atoms with van der Waals surface area (Å²) in [7, 11) is 0. The van der Waals surface area contributed by atoms with Gasteiger partial charge in [-0.15, -0.1) is 0 Å². The Kier molecular flexibility index (Phi) is 2.22. The number of hydrogen-bond donors (Lipinski definition) is 1. The lowest BCUT2D eigenvalue weighted by Crippen LogP contribution is -2.16. The molecule has 18 heavy (non-hydrogen) atoms. The van der Waals surface area contributed by atoms with Crippen LogP contribution in [0.1, 0.15) is 37.3 Å². The van der Waals surface area contributed by atoms with Crippen LogP contribution >= 0.6 is 12.2 Å². The Balaban J connectivity index is 1.91. The van der Waals surface area contributed by atoms with Crippen LogP contribution in [0.2, 0.25) is 0 Å². The van der Waals surface area contributed by atoms with Gasteiger partial charge in [-0.05, 0) is 67.9 Å². The van der Waals surface area contributed by atoms with E-state index in [1.54, 1.807) is 0 Å². The van der Waals surface area contributed by atoms with Gasteiger partial charge >= 0.3 is 0 Å². The third-order valence-corrected chi connectivity index (χ3v) is 5.20. The Morgan fingerprint density at radius 1 is 1.28 bits per heavy atom. The molecule has 0 saturated heterocycles. The first-order valence-electron chi connectivity index (χ1n) is 6.93. The van der Waals surface area contributed by atoms with E-state index in [-0.39, 0.29) is 0 Å². The number of aromatic amines is 1. The zero-order valence-corrected chi connectivity index (χ0v) is 11.5. The monoisotopic (exact) mass is 258 g/mol. The number of aryl methyl sites for hydroxylation is 1. The zero-order valence-electron chi connectivity index (χ0n) is 10.6. The van der Waals surface area contributed by atoms with Gasteiger partial charge < -0.3 is 9.55 Å². The average Bonchev–Trinajstić information content (AvgIpc) is 3.01. The van der Waals surface area contributed by atoms with Crippen LogP contribution in [0, 0.1) is 23.5 Å². The highest BCUT2D eigenvalue weighted by Crippen LogP contribution is 2.51. The van der Waals surface area contributed by atoms with Gasteiger partial charge in [0.25, 0.3) is 0 Å². The van der Waals surface area contributed by atoms with E-state index < -0.39 is 0 Å². The molecule has 2 fully saturated rings. The fourth-order valence-corrected chi connectivity index (χ4v) is 4.43. The second kappa shape index (κ2) is 3.70. The molecule has 2 aliphatic rings. The molecule has 1 N–H and O–H groups in total. The van der Waals surface area contributed by atoms with Gasteiger partial charge in [0.05, 0.1) is 11.0 Å². The van der Waals surface area contributed by atoms with Crippen molar-refractivity contribution < 1.29 is 0 Å². The molecule has 0 radical (unpaired) electrons. The minimum atomic E-state index is 0.645. The highest BCUT2D eigenvalue weighted by molar-refractivity contribution is 7.71. The molecule has 3 heteroatoms. The standard InChI is InChI=1S/C15H18N2S/c1-9-2-5-12-14(6-9)17(15(18)16-12)13-8-10-3-4-11(13)7-10/h2,5-6,10-11,13H,3-4,7-8H2,1H3,(H,16,18). The van der Waals surface area contributed by atoms with E-state index in [4.69, 9.17) is 12.2 Å². The minimum absolute atomic E-state index is 0.645. The lowest BCUT2D eigenvalue weighted by Gasteiger charge is -2.23. The molecule has 1 heterocycles.